The van der Waals surface area contributed by atoms with Gasteiger partial charge in [0.1, 0.15) is 45.3 Å². The number of allylic oxidation sites excluding steroid dienone is 2. The minimum absolute atomic E-state index is 0.00270. The summed E-state index contributed by atoms with van der Waals surface area (Å²) in [6, 6.07) is 10.9. The quantitative estimate of drug-likeness (QED) is 0.0663. The zero-order chi connectivity index (χ0) is 50.0. The number of hydrogen-bond donors (Lipinski definition) is 8. The Balaban J connectivity index is 1.04. The molecule has 12 nitrogen and oxygen atoms in total. The normalized spacial score (nSPS) is 25.9. The zero-order valence-corrected chi connectivity index (χ0v) is 40.8. The number of carbonyl (C=O) groups is 4. The molecule has 4 aliphatic rings. The van der Waals surface area contributed by atoms with Gasteiger partial charge in [-0.05, 0) is 199 Å². The number of aromatic carboxylic acids is 4. The number of phenols is 4. The molecule has 16 heteroatoms. The third-order valence-electron chi connectivity index (χ3n) is 16.7. The number of benzene rings is 4. The maximum atomic E-state index is 12.2. The predicted molar refractivity (Wildman–Crippen MR) is 262 cm³/mol. The van der Waals surface area contributed by atoms with E-state index in [4.69, 9.17) is 46.4 Å². The predicted octanol–water partition coefficient (Wildman–Crippen LogP) is 13.5. The van der Waals surface area contributed by atoms with Gasteiger partial charge in [0.2, 0.25) is 0 Å². The second-order valence-corrected chi connectivity index (χ2v) is 21.6. The lowest BCUT2D eigenvalue weighted by Crippen LogP contribution is -2.53. The molecule has 4 saturated carbocycles. The van der Waals surface area contributed by atoms with Crippen molar-refractivity contribution in [3.05, 3.63) is 125 Å². The Bertz CT molecular complexity index is 2730. The van der Waals surface area contributed by atoms with Crippen LogP contribution in [-0.4, -0.2) is 64.7 Å². The van der Waals surface area contributed by atoms with Crippen LogP contribution in [0.1, 0.15) is 148 Å². The summed E-state index contributed by atoms with van der Waals surface area (Å²) in [5.41, 5.74) is 0.778. The fraction of sp³-hybridized carbons (Fsp3) is 0.396. The highest BCUT2D eigenvalue weighted by molar-refractivity contribution is 6.34. The maximum absolute atomic E-state index is 12.2. The highest BCUT2D eigenvalue weighted by Crippen LogP contribution is 2.68. The van der Waals surface area contributed by atoms with Gasteiger partial charge in [-0.15, -0.1) is 0 Å². The number of carboxylic acid groups (broad SMARTS) is 4. The van der Waals surface area contributed by atoms with E-state index in [9.17, 15) is 60.0 Å². The molecule has 0 saturated heterocycles. The average Bonchev–Trinajstić information content (AvgIpc) is 3.63. The first-order valence-electron chi connectivity index (χ1n) is 23.0. The van der Waals surface area contributed by atoms with E-state index < -0.39 is 69.1 Å². The molecule has 0 amide bonds. The van der Waals surface area contributed by atoms with Crippen LogP contribution >= 0.6 is 46.4 Å². The molecule has 8 N–H and O–H groups in total. The lowest BCUT2D eigenvalue weighted by molar-refractivity contribution is -0.117. The summed E-state index contributed by atoms with van der Waals surface area (Å²) in [5, 5.41) is 80.7. The van der Waals surface area contributed by atoms with Crippen molar-refractivity contribution in [2.45, 2.75) is 84.5 Å². The number of rotatable bonds is 12. The SMILES string of the molecule is C[C@]12CC[C@H](CC=C(c3cc(Cl)c(O)c(C(=O)O)c3)c3cc(Cl)c(O)c(C(=O)O)c3)C[C@@H]1CC[C@@H]1[C@@H]2CC[C@]2(C)[C@@H](CC=C(c3cc(Cl)c(O)c(C(=O)O)c3)c3cc(Cl)c(O)c(C(=O)O)c3)CC[C@@H]12. The molecule has 0 aromatic heterocycles. The first-order valence-corrected chi connectivity index (χ1v) is 24.5. The standard InChI is InChI=1S/C53H52Cl4O12/c1-52-14-12-39-33(38(52)10-6-29(52)4-8-32(27-18-36(50(66)67)46(60)42(56)22-27)28-19-37(51(68)69)47(61)43(57)23-28)9-5-30-15-24(11-13-53(30,39)2)3-7-31(25-16-34(48(62)63)44(58)40(54)20-25)26-17-35(49(64)65)45(59)41(55)21-26/h7-8,16-24,29-30,33,38-39,58-61H,3-6,9-15H2,1-2H3,(H,62,63)(H,64,65)(H,66,67)(H,68,69)/t24-,29-,30-,33-,38-,39-,52+,53-/m0/s1. The Morgan fingerprint density at radius 2 is 0.884 bits per heavy atom. The molecule has 69 heavy (non-hydrogen) atoms. The maximum Gasteiger partial charge on any atom is 0.339 e. The van der Waals surface area contributed by atoms with Gasteiger partial charge < -0.3 is 40.9 Å². The van der Waals surface area contributed by atoms with Gasteiger partial charge in [-0.2, -0.15) is 0 Å². The van der Waals surface area contributed by atoms with Crippen LogP contribution in [0.5, 0.6) is 23.0 Å². The fourth-order valence-corrected chi connectivity index (χ4v) is 14.0. The second kappa shape index (κ2) is 19.1. The molecule has 0 unspecified atom stereocenters. The highest BCUT2D eigenvalue weighted by atomic mass is 35.5. The average molecular weight is 1020 g/mol. The van der Waals surface area contributed by atoms with E-state index >= 15 is 0 Å². The Kier molecular flexibility index (Phi) is 13.8. The van der Waals surface area contributed by atoms with Crippen LogP contribution in [0.3, 0.4) is 0 Å². The summed E-state index contributed by atoms with van der Waals surface area (Å²) < 4.78 is 0. The molecule has 0 heterocycles. The summed E-state index contributed by atoms with van der Waals surface area (Å²) in [4.78, 5) is 48.5. The Morgan fingerprint density at radius 3 is 1.29 bits per heavy atom. The summed E-state index contributed by atoms with van der Waals surface area (Å²) in [6.45, 7) is 4.87. The molecule has 4 fully saturated rings. The largest absolute Gasteiger partial charge is 0.505 e. The highest BCUT2D eigenvalue weighted by Gasteiger charge is 2.60. The minimum atomic E-state index is -1.39. The van der Waals surface area contributed by atoms with Crippen LogP contribution in [-0.2, 0) is 0 Å². The number of carboxylic acids is 4. The van der Waals surface area contributed by atoms with Crippen LogP contribution in [0, 0.1) is 46.3 Å². The molecular weight excluding hydrogens is 970 g/mol. The van der Waals surface area contributed by atoms with Crippen LogP contribution in [0.2, 0.25) is 20.1 Å². The van der Waals surface area contributed by atoms with E-state index in [0.29, 0.717) is 69.9 Å². The van der Waals surface area contributed by atoms with Crippen molar-refractivity contribution in [2.24, 2.45) is 46.3 Å². The van der Waals surface area contributed by atoms with Gasteiger partial charge in [0, 0.05) is 0 Å². The summed E-state index contributed by atoms with van der Waals surface area (Å²) in [6.07, 6.45) is 14.3. The van der Waals surface area contributed by atoms with Crippen LogP contribution < -0.4 is 0 Å². The first-order chi connectivity index (χ1) is 32.5. The number of halogens is 4. The van der Waals surface area contributed by atoms with Gasteiger partial charge >= 0.3 is 23.9 Å². The van der Waals surface area contributed by atoms with E-state index in [0.717, 1.165) is 57.8 Å². The van der Waals surface area contributed by atoms with Crippen molar-refractivity contribution in [1.82, 2.24) is 0 Å². The molecule has 0 bridgehead atoms. The monoisotopic (exact) mass is 1020 g/mol. The number of hydrogen-bond acceptors (Lipinski definition) is 8. The van der Waals surface area contributed by atoms with Crippen molar-refractivity contribution in [1.29, 1.82) is 0 Å². The molecule has 8 rings (SSSR count). The van der Waals surface area contributed by atoms with Crippen LogP contribution in [0.4, 0.5) is 0 Å². The van der Waals surface area contributed by atoms with E-state index in [1.54, 1.807) is 0 Å². The van der Waals surface area contributed by atoms with Crippen molar-refractivity contribution >= 4 is 81.4 Å². The van der Waals surface area contributed by atoms with Crippen molar-refractivity contribution in [3.8, 4) is 23.0 Å². The first kappa shape index (κ1) is 50.0. The molecule has 364 valence electrons. The molecular formula is C53H52Cl4O12. The van der Waals surface area contributed by atoms with Gasteiger partial charge in [0.25, 0.3) is 0 Å². The lowest BCUT2D eigenvalue weighted by atomic mass is 9.44. The van der Waals surface area contributed by atoms with Gasteiger partial charge in [0.05, 0.1) is 20.1 Å². The molecule has 0 aliphatic heterocycles. The summed E-state index contributed by atoms with van der Waals surface area (Å²) in [5.74, 6) is -5.41. The van der Waals surface area contributed by atoms with E-state index in [2.05, 4.69) is 13.8 Å². The Morgan fingerprint density at radius 1 is 0.507 bits per heavy atom. The zero-order valence-electron chi connectivity index (χ0n) is 37.7. The third-order valence-corrected chi connectivity index (χ3v) is 17.8. The van der Waals surface area contributed by atoms with Gasteiger partial charge in [0.15, 0.2) is 0 Å². The van der Waals surface area contributed by atoms with Crippen molar-refractivity contribution in [3.63, 3.8) is 0 Å². The number of fused-ring (bicyclic) bond motifs is 5. The Hall–Kier alpha value is -5.40. The third kappa shape index (κ3) is 9.14. The van der Waals surface area contributed by atoms with Gasteiger partial charge in [-0.1, -0.05) is 72.4 Å². The summed E-state index contributed by atoms with van der Waals surface area (Å²) >= 11 is 25.4. The smallest absolute Gasteiger partial charge is 0.339 e. The lowest BCUT2D eigenvalue weighted by Gasteiger charge is -2.61. The van der Waals surface area contributed by atoms with Gasteiger partial charge in [-0.25, -0.2) is 19.2 Å². The molecule has 8 atom stereocenters. The molecule has 0 radical (unpaired) electrons. The van der Waals surface area contributed by atoms with Crippen LogP contribution in [0.15, 0.2) is 60.7 Å². The molecule has 4 aliphatic carbocycles. The molecule has 4 aromatic carbocycles. The van der Waals surface area contributed by atoms with Gasteiger partial charge in [-0.3, -0.25) is 0 Å². The summed E-state index contributed by atoms with van der Waals surface area (Å²) in [7, 11) is 0. The topological polar surface area (TPSA) is 230 Å². The van der Waals surface area contributed by atoms with E-state index in [-0.39, 0.29) is 42.8 Å². The van der Waals surface area contributed by atoms with E-state index in [1.165, 1.54) is 48.5 Å². The molecule has 0 spiro atoms. The number of aromatic hydroxyl groups is 4. The fourth-order valence-electron chi connectivity index (χ4n) is 13.1. The molecule has 4 aromatic rings. The van der Waals surface area contributed by atoms with Crippen LogP contribution in [0.25, 0.3) is 11.1 Å². The van der Waals surface area contributed by atoms with Crippen molar-refractivity contribution in [2.75, 3.05) is 0 Å². The second-order valence-electron chi connectivity index (χ2n) is 20.0. The minimum Gasteiger partial charge on any atom is -0.505 e. The van der Waals surface area contributed by atoms with Crippen molar-refractivity contribution < 1.29 is 60.0 Å². The van der Waals surface area contributed by atoms with E-state index in [1.807, 2.05) is 12.2 Å². The Labute approximate surface area is 418 Å².